The summed E-state index contributed by atoms with van der Waals surface area (Å²) in [7, 11) is -3.65. The van der Waals surface area contributed by atoms with E-state index in [0.717, 1.165) is 16.5 Å². The number of nitrogens with one attached hydrogen (secondary N) is 1. The van der Waals surface area contributed by atoms with Gasteiger partial charge in [-0.15, -0.1) is 0 Å². The van der Waals surface area contributed by atoms with Crippen LogP contribution in [-0.2, 0) is 23.0 Å². The Labute approximate surface area is 197 Å². The van der Waals surface area contributed by atoms with Crippen LogP contribution in [0.3, 0.4) is 0 Å². The number of fused-ring (bicyclic) bond motifs is 2. The fourth-order valence-electron chi connectivity index (χ4n) is 4.24. The van der Waals surface area contributed by atoms with Gasteiger partial charge in [-0.05, 0) is 53.8 Å². The van der Waals surface area contributed by atoms with E-state index in [4.69, 9.17) is 0 Å². The van der Waals surface area contributed by atoms with Crippen LogP contribution in [0.1, 0.15) is 26.3 Å². The van der Waals surface area contributed by atoms with Crippen molar-refractivity contribution >= 4 is 32.7 Å². The van der Waals surface area contributed by atoms with Crippen molar-refractivity contribution in [2.75, 3.05) is 13.1 Å². The zero-order valence-corrected chi connectivity index (χ0v) is 19.2. The molecule has 0 bridgehead atoms. The predicted molar refractivity (Wildman–Crippen MR) is 129 cm³/mol. The number of nitrogens with zero attached hydrogens (tertiary/aromatic N) is 2. The second kappa shape index (κ2) is 8.89. The molecule has 1 aliphatic rings. The van der Waals surface area contributed by atoms with Crippen molar-refractivity contribution in [1.82, 2.24) is 14.2 Å². The van der Waals surface area contributed by atoms with E-state index >= 15 is 0 Å². The normalized spacial score (nSPS) is 13.6. The quantitative estimate of drug-likeness (QED) is 0.397. The van der Waals surface area contributed by atoms with E-state index in [-0.39, 0.29) is 29.8 Å². The maximum atomic E-state index is 12.7. The van der Waals surface area contributed by atoms with E-state index in [1.54, 1.807) is 48.5 Å². The molecule has 0 radical (unpaired) electrons. The van der Waals surface area contributed by atoms with Gasteiger partial charge in [0.1, 0.15) is 0 Å². The van der Waals surface area contributed by atoms with E-state index in [9.17, 15) is 18.0 Å². The Morgan fingerprint density at radius 2 is 1.38 bits per heavy atom. The second-order valence-electron chi connectivity index (χ2n) is 8.17. The lowest BCUT2D eigenvalue weighted by atomic mass is 10.1. The number of benzene rings is 3. The molecule has 0 unspecified atom stereocenters. The van der Waals surface area contributed by atoms with Crippen molar-refractivity contribution in [3.05, 3.63) is 102 Å². The first-order valence-electron chi connectivity index (χ1n) is 11.0. The Kier molecular flexibility index (Phi) is 5.77. The molecule has 3 aromatic carbocycles. The minimum absolute atomic E-state index is 0.175. The van der Waals surface area contributed by atoms with Crippen molar-refractivity contribution in [3.63, 3.8) is 0 Å². The number of amides is 2. The lowest BCUT2D eigenvalue weighted by Crippen LogP contribution is -2.31. The summed E-state index contributed by atoms with van der Waals surface area (Å²) in [4.78, 5) is 26.4. The molecule has 5 rings (SSSR count). The fourth-order valence-corrected chi connectivity index (χ4v) is 5.26. The largest absolute Gasteiger partial charge is 0.346 e. The molecule has 0 aliphatic carbocycles. The maximum absolute atomic E-state index is 12.7. The summed E-state index contributed by atoms with van der Waals surface area (Å²) in [5.41, 5.74) is 2.75. The summed E-state index contributed by atoms with van der Waals surface area (Å²) in [6, 6.07) is 23.3. The Morgan fingerprint density at radius 1 is 0.735 bits per heavy atom. The number of carbonyl (C=O) groups is 2. The van der Waals surface area contributed by atoms with Crippen LogP contribution in [0.25, 0.3) is 10.9 Å². The van der Waals surface area contributed by atoms with E-state index < -0.39 is 10.0 Å². The van der Waals surface area contributed by atoms with Gasteiger partial charge in [0, 0.05) is 31.3 Å². The summed E-state index contributed by atoms with van der Waals surface area (Å²) >= 11 is 0. The topological polar surface area (TPSA) is 88.5 Å². The summed E-state index contributed by atoms with van der Waals surface area (Å²) in [6.45, 7) is 1.02. The van der Waals surface area contributed by atoms with Crippen LogP contribution < -0.4 is 4.72 Å². The van der Waals surface area contributed by atoms with Gasteiger partial charge < -0.3 is 4.57 Å². The van der Waals surface area contributed by atoms with E-state index in [1.807, 2.05) is 41.1 Å². The molecule has 0 atom stereocenters. The summed E-state index contributed by atoms with van der Waals surface area (Å²) in [5, 5.41) is 1.11. The van der Waals surface area contributed by atoms with Gasteiger partial charge in [-0.25, -0.2) is 13.1 Å². The number of imide groups is 1. The Hall–Kier alpha value is -3.75. The van der Waals surface area contributed by atoms with Gasteiger partial charge >= 0.3 is 0 Å². The molecular formula is C26H23N3O4S. The van der Waals surface area contributed by atoms with Crippen molar-refractivity contribution in [2.45, 2.75) is 17.9 Å². The molecule has 2 amide bonds. The fraction of sp³-hybridized carbons (Fsp3) is 0.154. The van der Waals surface area contributed by atoms with E-state index in [0.29, 0.717) is 24.1 Å². The van der Waals surface area contributed by atoms with Crippen molar-refractivity contribution in [1.29, 1.82) is 0 Å². The van der Waals surface area contributed by atoms with Crippen LogP contribution in [0.4, 0.5) is 0 Å². The lowest BCUT2D eigenvalue weighted by Gasteiger charge is -2.14. The molecule has 8 heteroatoms. The molecule has 2 heterocycles. The molecule has 0 fully saturated rings. The first-order chi connectivity index (χ1) is 16.4. The summed E-state index contributed by atoms with van der Waals surface area (Å²) in [6.07, 6.45) is 2.39. The number of rotatable bonds is 8. The number of aromatic nitrogens is 1. The molecule has 0 spiro atoms. The van der Waals surface area contributed by atoms with Gasteiger partial charge in [-0.3, -0.25) is 14.5 Å². The summed E-state index contributed by atoms with van der Waals surface area (Å²) < 4.78 is 30.1. The third kappa shape index (κ3) is 4.13. The summed E-state index contributed by atoms with van der Waals surface area (Å²) in [5.74, 6) is -0.584. The van der Waals surface area contributed by atoms with Crippen molar-refractivity contribution in [2.24, 2.45) is 0 Å². The molecule has 0 saturated carbocycles. The standard InChI is InChI=1S/C26H23N3O4S/c30-25-22-6-2-3-7-23(22)26(31)29(25)17-13-19-9-11-21(12-10-19)34(32,33)27-15-18-28-16-14-20-5-1-4-8-24(20)28/h1-12,14,16,27H,13,15,17-18H2. The molecule has 1 N–H and O–H groups in total. The zero-order chi connectivity index (χ0) is 23.7. The highest BCUT2D eigenvalue weighted by atomic mass is 32.2. The monoisotopic (exact) mass is 473 g/mol. The minimum Gasteiger partial charge on any atom is -0.346 e. The van der Waals surface area contributed by atoms with Gasteiger partial charge in [0.25, 0.3) is 11.8 Å². The lowest BCUT2D eigenvalue weighted by molar-refractivity contribution is 0.0656. The number of hydrogen-bond acceptors (Lipinski definition) is 4. The Morgan fingerprint density at radius 3 is 2.09 bits per heavy atom. The second-order valence-corrected chi connectivity index (χ2v) is 9.93. The van der Waals surface area contributed by atoms with E-state index in [2.05, 4.69) is 4.72 Å². The average molecular weight is 474 g/mol. The van der Waals surface area contributed by atoms with Crippen LogP contribution in [0.15, 0.2) is 90.0 Å². The third-order valence-electron chi connectivity index (χ3n) is 6.06. The van der Waals surface area contributed by atoms with Crippen LogP contribution >= 0.6 is 0 Å². The molecule has 172 valence electrons. The smallest absolute Gasteiger partial charge is 0.261 e. The van der Waals surface area contributed by atoms with E-state index in [1.165, 1.54) is 4.90 Å². The van der Waals surface area contributed by atoms with Gasteiger partial charge in [0.2, 0.25) is 10.0 Å². The molecule has 4 aromatic rings. The van der Waals surface area contributed by atoms with Crippen LogP contribution in [-0.4, -0.2) is 42.8 Å². The van der Waals surface area contributed by atoms with Crippen molar-refractivity contribution < 1.29 is 18.0 Å². The number of hydrogen-bond donors (Lipinski definition) is 1. The number of carbonyl (C=O) groups excluding carboxylic acids is 2. The maximum Gasteiger partial charge on any atom is 0.261 e. The SMILES string of the molecule is O=C1c2ccccc2C(=O)N1CCc1ccc(S(=O)(=O)NCCn2ccc3ccccc32)cc1. The number of sulfonamides is 1. The van der Waals surface area contributed by atoms with Crippen molar-refractivity contribution in [3.8, 4) is 0 Å². The first kappa shape index (κ1) is 22.1. The zero-order valence-electron chi connectivity index (χ0n) is 18.3. The van der Waals surface area contributed by atoms with Gasteiger partial charge in [0.05, 0.1) is 16.0 Å². The number of para-hydroxylation sites is 1. The van der Waals surface area contributed by atoms with Crippen LogP contribution in [0.5, 0.6) is 0 Å². The third-order valence-corrected chi connectivity index (χ3v) is 7.54. The van der Waals surface area contributed by atoms with Gasteiger partial charge in [-0.1, -0.05) is 42.5 Å². The minimum atomic E-state index is -3.65. The van der Waals surface area contributed by atoms with Gasteiger partial charge in [0.15, 0.2) is 0 Å². The molecular weight excluding hydrogens is 450 g/mol. The highest BCUT2D eigenvalue weighted by Gasteiger charge is 2.34. The average Bonchev–Trinajstić information content (AvgIpc) is 3.37. The molecule has 1 aromatic heterocycles. The Bertz CT molecular complexity index is 1460. The van der Waals surface area contributed by atoms with Crippen LogP contribution in [0.2, 0.25) is 0 Å². The van der Waals surface area contributed by atoms with Gasteiger partial charge in [-0.2, -0.15) is 0 Å². The first-order valence-corrected chi connectivity index (χ1v) is 12.5. The predicted octanol–water partition coefficient (Wildman–Crippen LogP) is 3.46. The molecule has 1 aliphatic heterocycles. The Balaban J connectivity index is 1.18. The molecule has 0 saturated heterocycles. The molecule has 7 nitrogen and oxygen atoms in total. The highest BCUT2D eigenvalue weighted by Crippen LogP contribution is 2.23. The molecule has 34 heavy (non-hydrogen) atoms. The highest BCUT2D eigenvalue weighted by molar-refractivity contribution is 7.89. The van der Waals surface area contributed by atoms with Crippen LogP contribution in [0, 0.1) is 0 Å².